The number of unbranched alkanes of at least 4 members (excludes halogenated alkanes) is 1. The summed E-state index contributed by atoms with van der Waals surface area (Å²) in [6.07, 6.45) is 1.39. The molecule has 4 N–H and O–H groups in total. The van der Waals surface area contributed by atoms with Gasteiger partial charge in [-0.25, -0.2) is 9.59 Å². The Morgan fingerprint density at radius 1 is 0.717 bits per heavy atom. The predicted molar refractivity (Wildman–Crippen MR) is 182 cm³/mol. The topological polar surface area (TPSA) is 256 Å². The number of amides is 2. The van der Waals surface area contributed by atoms with Crippen LogP contribution in [0, 0.1) is 0 Å². The van der Waals surface area contributed by atoms with E-state index in [9.17, 15) is 24.3 Å². The van der Waals surface area contributed by atoms with Crippen molar-refractivity contribution < 1.29 is 76.8 Å². The maximum absolute atomic E-state index is 12.2. The average Bonchev–Trinajstić information content (AvgIpc) is 3.59. The van der Waals surface area contributed by atoms with Crippen LogP contribution >= 0.6 is 0 Å². The van der Waals surface area contributed by atoms with Crippen LogP contribution in [0.25, 0.3) is 0 Å². The zero-order chi connectivity index (χ0) is 38.6. The van der Waals surface area contributed by atoms with E-state index in [-0.39, 0.29) is 25.9 Å². The monoisotopic (exact) mass is 767 g/mol. The van der Waals surface area contributed by atoms with E-state index >= 15 is 0 Å². The number of aryl methyl sites for hydroxylation is 1. The lowest BCUT2D eigenvalue weighted by Crippen LogP contribution is -2.49. The van der Waals surface area contributed by atoms with Gasteiger partial charge in [0.2, 0.25) is 0 Å². The maximum atomic E-state index is 12.2. The third kappa shape index (κ3) is 29.6. The Kier molecular flexibility index (Phi) is 30.7. The van der Waals surface area contributed by atoms with E-state index in [4.69, 9.17) is 52.5 Å². The third-order valence-corrected chi connectivity index (χ3v) is 6.74. The molecule has 0 aliphatic rings. The second-order valence-electron chi connectivity index (χ2n) is 11.0. The minimum atomic E-state index is -1.41. The molecule has 0 spiro atoms. The highest BCUT2D eigenvalue weighted by atomic mass is 16.6. The van der Waals surface area contributed by atoms with E-state index in [1.807, 2.05) is 0 Å². The van der Waals surface area contributed by atoms with Crippen molar-refractivity contribution in [3.8, 4) is 0 Å². The van der Waals surface area contributed by atoms with Crippen molar-refractivity contribution in [1.29, 1.82) is 0 Å². The number of rotatable bonds is 39. The molecule has 2 amide bonds. The molecule has 0 saturated heterocycles. The molecule has 306 valence electrons. The van der Waals surface area contributed by atoms with E-state index in [0.29, 0.717) is 131 Å². The van der Waals surface area contributed by atoms with Crippen LogP contribution in [0.1, 0.15) is 37.8 Å². The van der Waals surface area contributed by atoms with Crippen LogP contribution in [0.15, 0.2) is 6.20 Å². The second-order valence-corrected chi connectivity index (χ2v) is 11.0. The van der Waals surface area contributed by atoms with E-state index in [2.05, 4.69) is 20.9 Å². The Labute approximate surface area is 309 Å². The average molecular weight is 768 g/mol. The fourth-order valence-corrected chi connectivity index (χ4v) is 4.09. The molecule has 0 aliphatic heterocycles. The van der Waals surface area contributed by atoms with Gasteiger partial charge in [-0.05, 0) is 19.3 Å². The molecule has 0 aromatic carbocycles. The zero-order valence-corrected chi connectivity index (χ0v) is 30.5. The molecule has 0 fully saturated rings. The molecule has 2 atom stereocenters. The molecule has 0 saturated carbocycles. The fraction of sp³-hybridized carbons (Fsp3) is 0.812. The Hall–Kier alpha value is -3.54. The molecule has 1 aromatic rings. The van der Waals surface area contributed by atoms with Crippen molar-refractivity contribution in [3.05, 3.63) is 11.9 Å². The quantitative estimate of drug-likeness (QED) is 0.0386. The number of nitrogens with zero attached hydrogens (tertiary/aromatic N) is 3. The van der Waals surface area contributed by atoms with E-state index in [0.717, 1.165) is 0 Å². The second kappa shape index (κ2) is 34.2. The Bertz CT molecular complexity index is 1070. The number of aromatic nitrogens is 3. The molecule has 0 unspecified atom stereocenters. The number of ether oxygens (including phenoxy) is 10. The first-order valence-electron chi connectivity index (χ1n) is 17.5. The molecule has 0 bridgehead atoms. The van der Waals surface area contributed by atoms with Crippen LogP contribution in [-0.4, -0.2) is 175 Å². The molecule has 0 aliphatic carbocycles. The molecular formula is C32H57N5O16. The fourth-order valence-electron chi connectivity index (χ4n) is 4.09. The summed E-state index contributed by atoms with van der Waals surface area (Å²) < 4.78 is 55.0. The summed E-state index contributed by atoms with van der Waals surface area (Å²) in [5.74, 6) is -2.57. The third-order valence-electron chi connectivity index (χ3n) is 6.74. The first kappa shape index (κ1) is 47.5. The highest BCUT2D eigenvalue weighted by Crippen LogP contribution is 2.06. The van der Waals surface area contributed by atoms with Gasteiger partial charge in [0.25, 0.3) is 6.47 Å². The summed E-state index contributed by atoms with van der Waals surface area (Å²) >= 11 is 0. The number of carboxylic acid groups (broad SMARTS) is 2. The largest absolute Gasteiger partial charge is 0.481 e. The summed E-state index contributed by atoms with van der Waals surface area (Å²) in [6.45, 7) is 8.56. The van der Waals surface area contributed by atoms with E-state index in [1.54, 1.807) is 18.0 Å². The molecule has 1 rings (SSSR count). The van der Waals surface area contributed by atoms with Gasteiger partial charge >= 0.3 is 18.0 Å². The number of carboxylic acids is 2. The molecular weight excluding hydrogens is 710 g/mol. The van der Waals surface area contributed by atoms with Crippen LogP contribution in [0.3, 0.4) is 0 Å². The van der Waals surface area contributed by atoms with Gasteiger partial charge in [0.15, 0.2) is 6.23 Å². The summed E-state index contributed by atoms with van der Waals surface area (Å²) in [5, 5.41) is 30.6. The molecule has 21 nitrogen and oxygen atoms in total. The van der Waals surface area contributed by atoms with Crippen molar-refractivity contribution in [2.45, 2.75) is 57.5 Å². The van der Waals surface area contributed by atoms with Gasteiger partial charge in [0, 0.05) is 26.5 Å². The first-order valence-corrected chi connectivity index (χ1v) is 17.5. The van der Waals surface area contributed by atoms with Crippen molar-refractivity contribution >= 4 is 24.4 Å². The summed E-state index contributed by atoms with van der Waals surface area (Å²) in [7, 11) is 1.63. The van der Waals surface area contributed by atoms with Crippen LogP contribution in [-0.2, 0) is 74.9 Å². The van der Waals surface area contributed by atoms with Crippen LogP contribution in [0.5, 0.6) is 0 Å². The molecule has 53 heavy (non-hydrogen) atoms. The van der Waals surface area contributed by atoms with Gasteiger partial charge in [-0.3, -0.25) is 14.3 Å². The Balaban J connectivity index is 1.95. The van der Waals surface area contributed by atoms with Gasteiger partial charge in [-0.2, -0.15) is 0 Å². The van der Waals surface area contributed by atoms with Crippen molar-refractivity contribution in [3.63, 3.8) is 0 Å². The van der Waals surface area contributed by atoms with Gasteiger partial charge in [-0.15, -0.1) is 5.10 Å². The molecule has 1 heterocycles. The van der Waals surface area contributed by atoms with Crippen molar-refractivity contribution in [1.82, 2.24) is 25.6 Å². The lowest BCUT2D eigenvalue weighted by molar-refractivity contribution is -0.141. The predicted octanol–water partition coefficient (Wildman–Crippen LogP) is -0.156. The Morgan fingerprint density at radius 3 is 1.66 bits per heavy atom. The molecule has 21 heteroatoms. The number of urea groups is 1. The van der Waals surface area contributed by atoms with Crippen molar-refractivity contribution in [2.75, 3.05) is 113 Å². The highest BCUT2D eigenvalue weighted by Gasteiger charge is 2.22. The van der Waals surface area contributed by atoms with Gasteiger partial charge in [0.05, 0.1) is 119 Å². The minimum absolute atomic E-state index is 0.174. The number of aliphatic carboxylic acids is 2. The molecule has 0 radical (unpaired) electrons. The number of hydrogen-bond acceptors (Lipinski definition) is 16. The number of hydrogen-bond donors (Lipinski definition) is 4. The first-order chi connectivity index (χ1) is 25.8. The van der Waals surface area contributed by atoms with E-state index < -0.39 is 36.7 Å². The van der Waals surface area contributed by atoms with Gasteiger partial charge in [0.1, 0.15) is 11.7 Å². The number of carbonyl (C=O) groups excluding carboxylic acids is 2. The van der Waals surface area contributed by atoms with E-state index in [1.165, 1.54) is 0 Å². The Morgan fingerprint density at radius 2 is 1.21 bits per heavy atom. The number of methoxy groups -OCH3 is 1. The van der Waals surface area contributed by atoms with Gasteiger partial charge < -0.3 is 68.2 Å². The van der Waals surface area contributed by atoms with Gasteiger partial charge in [-0.1, -0.05) is 5.21 Å². The van der Waals surface area contributed by atoms with Crippen molar-refractivity contribution in [2.24, 2.45) is 0 Å². The normalized spacial score (nSPS) is 12.3. The summed E-state index contributed by atoms with van der Waals surface area (Å²) in [5.41, 5.74) is 0.640. The smallest absolute Gasteiger partial charge is 0.326 e. The lowest BCUT2D eigenvalue weighted by atomic mass is 10.1. The summed E-state index contributed by atoms with van der Waals surface area (Å²) in [6, 6.07) is -2.31. The van der Waals surface area contributed by atoms with Crippen LogP contribution < -0.4 is 10.6 Å². The number of carbonyl (C=O) groups is 4. The lowest BCUT2D eigenvalue weighted by Gasteiger charge is -2.19. The minimum Gasteiger partial charge on any atom is -0.481 e. The zero-order valence-electron chi connectivity index (χ0n) is 30.5. The van der Waals surface area contributed by atoms with Crippen LogP contribution in [0.2, 0.25) is 0 Å². The summed E-state index contributed by atoms with van der Waals surface area (Å²) in [4.78, 5) is 45.0. The SMILES string of the molecule is COCCOCCOCCOCCOCCOCCOCCOCCOCc1cn(CCCC[C@H](NC(=O)N[C@@H](CCC(=O)O)C(=O)O)OC=O)nn1. The molecule has 1 aromatic heterocycles. The van der Waals surface area contributed by atoms with Crippen LogP contribution in [0.4, 0.5) is 4.79 Å². The highest BCUT2D eigenvalue weighted by molar-refractivity contribution is 5.83. The maximum Gasteiger partial charge on any atom is 0.326 e. The standard InChI is InChI=1S/C32H57N5O16/c1-44-8-9-45-10-11-46-12-13-47-14-15-48-16-17-49-18-19-50-20-21-51-22-23-52-25-27-24-37(36-35-27)7-3-2-4-29(53-26-38)34-32(43)33-28(31(41)42)5-6-30(39)40/h24,26,28-29H,2-23,25H2,1H3,(H,39,40)(H,41,42)(H2,33,34,43)/t28-,29+/m0/s1. The number of nitrogens with one attached hydrogen (secondary N) is 2.